The molecule has 180 valence electrons. The highest BCUT2D eigenvalue weighted by Gasteiger charge is 2.25. The van der Waals surface area contributed by atoms with Crippen LogP contribution in [0.5, 0.6) is 11.5 Å². The number of methoxy groups -OCH3 is 1. The number of carbonyl (C=O) groups excluding carboxylic acids is 1. The minimum atomic E-state index is -0.0478. The summed E-state index contributed by atoms with van der Waals surface area (Å²) >= 11 is 0. The lowest BCUT2D eigenvalue weighted by Gasteiger charge is -2.24. The van der Waals surface area contributed by atoms with Crippen LogP contribution < -0.4 is 9.47 Å². The van der Waals surface area contributed by atoms with E-state index in [0.717, 1.165) is 17.6 Å². The summed E-state index contributed by atoms with van der Waals surface area (Å²) in [5.41, 5.74) is 3.63. The molecule has 1 atom stereocenters. The molecule has 5 rings (SSSR count). The molecule has 1 saturated heterocycles. The molecule has 35 heavy (non-hydrogen) atoms. The minimum absolute atomic E-state index is 0.0478. The molecule has 0 bridgehead atoms. The summed E-state index contributed by atoms with van der Waals surface area (Å²) in [5.74, 6) is 1.22. The lowest BCUT2D eigenvalue weighted by atomic mass is 9.99. The Hall–Kier alpha value is -3.91. The molecule has 0 aliphatic carbocycles. The minimum Gasteiger partial charge on any atom is -0.493 e. The van der Waals surface area contributed by atoms with Gasteiger partial charge in [-0.15, -0.1) is 0 Å². The summed E-state index contributed by atoms with van der Waals surface area (Å²) in [6.07, 6.45) is 6.27. The first kappa shape index (κ1) is 22.9. The van der Waals surface area contributed by atoms with Crippen LogP contribution in [-0.4, -0.2) is 58.8 Å². The average molecular weight is 473 g/mol. The summed E-state index contributed by atoms with van der Waals surface area (Å²) in [4.78, 5) is 19.7. The molecule has 3 aromatic heterocycles. The van der Waals surface area contributed by atoms with Crippen LogP contribution in [0, 0.1) is 5.92 Å². The molecule has 0 unspecified atom stereocenters. The largest absolute Gasteiger partial charge is 0.493 e. The Kier molecular flexibility index (Phi) is 6.90. The van der Waals surface area contributed by atoms with Gasteiger partial charge in [0, 0.05) is 43.2 Å². The van der Waals surface area contributed by atoms with E-state index in [1.54, 1.807) is 37.7 Å². The van der Waals surface area contributed by atoms with Crippen LogP contribution >= 0.6 is 0 Å². The lowest BCUT2D eigenvalue weighted by molar-refractivity contribution is 0.0736. The number of hydrogen-bond donors (Lipinski definition) is 0. The molecular formula is C27H28N4O4. The monoisotopic (exact) mass is 472 g/mol. The van der Waals surface area contributed by atoms with Crippen molar-refractivity contribution in [3.63, 3.8) is 0 Å². The molecule has 1 aliphatic heterocycles. The standard InChI is InChI=1S/C27H28N4O4/c1-33-25-8-7-22(16-26(25)35-19-23-6-2-3-10-28-23)27(32)30-13-14-34-18-20(17-30)15-21-5-4-12-31-24(21)9-11-29-31/h2-12,16,20H,13-15,17-19H2,1H3/t20-/m0/s1. The summed E-state index contributed by atoms with van der Waals surface area (Å²) in [5, 5.41) is 4.33. The van der Waals surface area contributed by atoms with Gasteiger partial charge < -0.3 is 19.1 Å². The van der Waals surface area contributed by atoms with Crippen molar-refractivity contribution in [2.45, 2.75) is 13.0 Å². The smallest absolute Gasteiger partial charge is 0.254 e. The van der Waals surface area contributed by atoms with Crippen molar-refractivity contribution in [1.82, 2.24) is 19.5 Å². The molecule has 1 fully saturated rings. The van der Waals surface area contributed by atoms with Crippen molar-refractivity contribution in [3.05, 3.63) is 90.0 Å². The van der Waals surface area contributed by atoms with Crippen LogP contribution in [0.2, 0.25) is 0 Å². The fourth-order valence-electron chi connectivity index (χ4n) is 4.43. The predicted octanol–water partition coefficient (Wildman–Crippen LogP) is 3.65. The Morgan fingerprint density at radius 3 is 2.91 bits per heavy atom. The Morgan fingerprint density at radius 2 is 2.06 bits per heavy atom. The number of aromatic nitrogens is 3. The molecule has 8 heteroatoms. The highest BCUT2D eigenvalue weighted by Crippen LogP contribution is 2.30. The first-order valence-corrected chi connectivity index (χ1v) is 11.7. The fraction of sp³-hybridized carbons (Fsp3) is 0.296. The Morgan fingerprint density at radius 1 is 1.11 bits per heavy atom. The van der Waals surface area contributed by atoms with Gasteiger partial charge in [-0.05, 0) is 54.4 Å². The van der Waals surface area contributed by atoms with Gasteiger partial charge >= 0.3 is 0 Å². The number of benzene rings is 1. The molecule has 4 heterocycles. The zero-order valence-electron chi connectivity index (χ0n) is 19.7. The van der Waals surface area contributed by atoms with E-state index in [0.29, 0.717) is 43.4 Å². The zero-order valence-corrected chi connectivity index (χ0v) is 19.7. The quantitative estimate of drug-likeness (QED) is 0.409. The van der Waals surface area contributed by atoms with Gasteiger partial charge in [-0.2, -0.15) is 5.10 Å². The van der Waals surface area contributed by atoms with E-state index < -0.39 is 0 Å². The van der Waals surface area contributed by atoms with E-state index in [-0.39, 0.29) is 18.4 Å². The Labute approximate surface area is 204 Å². The molecule has 1 aromatic carbocycles. The van der Waals surface area contributed by atoms with Crippen LogP contribution in [0.4, 0.5) is 0 Å². The van der Waals surface area contributed by atoms with E-state index in [9.17, 15) is 4.79 Å². The third-order valence-electron chi connectivity index (χ3n) is 6.17. The number of amides is 1. The van der Waals surface area contributed by atoms with E-state index in [1.807, 2.05) is 45.9 Å². The highest BCUT2D eigenvalue weighted by molar-refractivity contribution is 5.95. The SMILES string of the molecule is COc1ccc(C(=O)N2CCOC[C@@H](Cc3cccn4nccc34)C2)cc1OCc1ccccn1. The Bertz CT molecular complexity index is 1290. The van der Waals surface area contributed by atoms with E-state index in [4.69, 9.17) is 14.2 Å². The third kappa shape index (κ3) is 5.27. The highest BCUT2D eigenvalue weighted by atomic mass is 16.5. The van der Waals surface area contributed by atoms with Crippen molar-refractivity contribution < 1.29 is 19.0 Å². The van der Waals surface area contributed by atoms with Crippen LogP contribution in [-0.2, 0) is 17.8 Å². The zero-order chi connectivity index (χ0) is 24.0. The van der Waals surface area contributed by atoms with Crippen molar-refractivity contribution in [1.29, 1.82) is 0 Å². The number of pyridine rings is 2. The number of fused-ring (bicyclic) bond motifs is 1. The van der Waals surface area contributed by atoms with Crippen molar-refractivity contribution >= 4 is 11.4 Å². The third-order valence-corrected chi connectivity index (χ3v) is 6.17. The summed E-state index contributed by atoms with van der Waals surface area (Å²) < 4.78 is 19.2. The maximum Gasteiger partial charge on any atom is 0.254 e. The van der Waals surface area contributed by atoms with Gasteiger partial charge in [0.2, 0.25) is 0 Å². The van der Waals surface area contributed by atoms with Gasteiger partial charge in [-0.1, -0.05) is 12.1 Å². The average Bonchev–Trinajstić information content (AvgIpc) is 3.27. The summed E-state index contributed by atoms with van der Waals surface area (Å²) in [7, 11) is 1.59. The van der Waals surface area contributed by atoms with Crippen LogP contribution in [0.3, 0.4) is 0 Å². The van der Waals surface area contributed by atoms with E-state index in [2.05, 4.69) is 16.1 Å². The maximum atomic E-state index is 13.5. The number of hydrogen-bond acceptors (Lipinski definition) is 6. The van der Waals surface area contributed by atoms with Gasteiger partial charge in [0.25, 0.3) is 5.91 Å². The fourth-order valence-corrected chi connectivity index (χ4v) is 4.43. The number of ether oxygens (including phenoxy) is 3. The van der Waals surface area contributed by atoms with Crippen molar-refractivity contribution in [3.8, 4) is 11.5 Å². The second-order valence-electron chi connectivity index (χ2n) is 8.57. The van der Waals surface area contributed by atoms with Gasteiger partial charge in [0.05, 0.1) is 31.5 Å². The van der Waals surface area contributed by atoms with Gasteiger partial charge in [-0.3, -0.25) is 9.78 Å². The second-order valence-corrected chi connectivity index (χ2v) is 8.57. The molecule has 0 saturated carbocycles. The molecule has 0 radical (unpaired) electrons. The maximum absolute atomic E-state index is 13.5. The lowest BCUT2D eigenvalue weighted by Crippen LogP contribution is -2.36. The summed E-state index contributed by atoms with van der Waals surface area (Å²) in [6, 6.07) is 17.1. The molecular weight excluding hydrogens is 444 g/mol. The van der Waals surface area contributed by atoms with Crippen LogP contribution in [0.25, 0.3) is 5.52 Å². The van der Waals surface area contributed by atoms with E-state index in [1.165, 1.54) is 5.56 Å². The molecule has 8 nitrogen and oxygen atoms in total. The van der Waals surface area contributed by atoms with Crippen LogP contribution in [0.15, 0.2) is 73.2 Å². The van der Waals surface area contributed by atoms with E-state index >= 15 is 0 Å². The molecule has 4 aromatic rings. The van der Waals surface area contributed by atoms with Gasteiger partial charge in [-0.25, -0.2) is 4.52 Å². The van der Waals surface area contributed by atoms with Crippen molar-refractivity contribution in [2.24, 2.45) is 5.92 Å². The van der Waals surface area contributed by atoms with Gasteiger partial charge in [0.1, 0.15) is 6.61 Å². The molecule has 1 amide bonds. The predicted molar refractivity (Wildman–Crippen MR) is 131 cm³/mol. The number of carbonyl (C=O) groups is 1. The molecule has 1 aliphatic rings. The topological polar surface area (TPSA) is 78.2 Å². The van der Waals surface area contributed by atoms with Crippen molar-refractivity contribution in [2.75, 3.05) is 33.4 Å². The number of rotatable bonds is 7. The molecule has 0 spiro atoms. The van der Waals surface area contributed by atoms with Gasteiger partial charge in [0.15, 0.2) is 11.5 Å². The normalized spacial score (nSPS) is 16.1. The first-order chi connectivity index (χ1) is 17.2. The Balaban J connectivity index is 1.31. The number of nitrogens with zero attached hydrogens (tertiary/aromatic N) is 4. The first-order valence-electron chi connectivity index (χ1n) is 11.7. The summed E-state index contributed by atoms with van der Waals surface area (Å²) in [6.45, 7) is 2.57. The second kappa shape index (κ2) is 10.6. The molecule has 0 N–H and O–H groups in total. The van der Waals surface area contributed by atoms with Crippen LogP contribution in [0.1, 0.15) is 21.6 Å².